The van der Waals surface area contributed by atoms with Gasteiger partial charge in [0.2, 0.25) is 5.91 Å². The lowest BCUT2D eigenvalue weighted by atomic mass is 10.1. The number of rotatable bonds is 8. The van der Waals surface area contributed by atoms with Gasteiger partial charge in [-0.3, -0.25) is 4.79 Å². The molecule has 0 saturated heterocycles. The first-order valence-corrected chi connectivity index (χ1v) is 10.4. The first-order chi connectivity index (χ1) is 15.0. The number of carbonyl (C=O) groups is 1. The van der Waals surface area contributed by atoms with Gasteiger partial charge in [-0.1, -0.05) is 30.3 Å². The predicted octanol–water partition coefficient (Wildman–Crippen LogP) is 3.47. The molecule has 0 aliphatic rings. The molecule has 7 nitrogen and oxygen atoms in total. The van der Waals surface area contributed by atoms with Crippen LogP contribution in [0.3, 0.4) is 0 Å². The molecule has 0 spiro atoms. The van der Waals surface area contributed by atoms with Crippen LogP contribution in [0.25, 0.3) is 10.9 Å². The van der Waals surface area contributed by atoms with Gasteiger partial charge < -0.3 is 25.3 Å². The van der Waals surface area contributed by atoms with E-state index in [9.17, 15) is 4.79 Å². The quantitative estimate of drug-likeness (QED) is 0.229. The lowest BCUT2D eigenvalue weighted by Gasteiger charge is -2.15. The highest BCUT2D eigenvalue weighted by Crippen LogP contribution is 2.21. The van der Waals surface area contributed by atoms with E-state index in [4.69, 9.17) is 4.74 Å². The van der Waals surface area contributed by atoms with E-state index in [2.05, 4.69) is 45.7 Å². The number of hydrogen-bond acceptors (Lipinski definition) is 3. The maximum Gasteiger partial charge on any atom is 0.241 e. The number of halogens is 1. The standard InChI is InChI=1S/C24H31N5O2.HI/c1-17-20(21-7-5-6-8-22(21)28-17)13-14-25-24(27-16-23(30)29(2)3)26-15-18-9-11-19(31-4)12-10-18;/h5-12,28H,13-16H2,1-4H3,(H2,25,26,27);1H. The van der Waals surface area contributed by atoms with Gasteiger partial charge in [0.05, 0.1) is 20.2 Å². The number of H-pyrrole nitrogens is 1. The molecule has 0 fully saturated rings. The van der Waals surface area contributed by atoms with Crippen molar-refractivity contribution in [3.8, 4) is 5.75 Å². The van der Waals surface area contributed by atoms with Crippen molar-refractivity contribution in [3.63, 3.8) is 0 Å². The molecular weight excluding hydrogens is 517 g/mol. The molecule has 3 N–H and O–H groups in total. The van der Waals surface area contributed by atoms with Crippen molar-refractivity contribution < 1.29 is 9.53 Å². The van der Waals surface area contributed by atoms with Crippen LogP contribution >= 0.6 is 24.0 Å². The zero-order chi connectivity index (χ0) is 22.2. The molecule has 0 aliphatic carbocycles. The molecular formula is C24H32IN5O2. The number of hydrogen-bond donors (Lipinski definition) is 3. The summed E-state index contributed by atoms with van der Waals surface area (Å²) < 4.78 is 5.21. The Labute approximate surface area is 206 Å². The fourth-order valence-electron chi connectivity index (χ4n) is 3.36. The molecule has 1 aromatic heterocycles. The zero-order valence-electron chi connectivity index (χ0n) is 19.1. The minimum Gasteiger partial charge on any atom is -0.497 e. The largest absolute Gasteiger partial charge is 0.497 e. The smallest absolute Gasteiger partial charge is 0.241 e. The predicted molar refractivity (Wildman–Crippen MR) is 141 cm³/mol. The molecule has 0 saturated carbocycles. The average molecular weight is 549 g/mol. The number of carbonyl (C=O) groups excluding carboxylic acids is 1. The van der Waals surface area contributed by atoms with E-state index in [0.717, 1.165) is 23.3 Å². The van der Waals surface area contributed by atoms with Crippen LogP contribution in [0.4, 0.5) is 0 Å². The third-order valence-corrected chi connectivity index (χ3v) is 5.18. The Kier molecular flexibility index (Phi) is 9.83. The topological polar surface area (TPSA) is 81.7 Å². The molecule has 8 heteroatoms. The van der Waals surface area contributed by atoms with Crippen molar-refractivity contribution in [2.75, 3.05) is 34.3 Å². The first kappa shape index (κ1) is 25.5. The summed E-state index contributed by atoms with van der Waals surface area (Å²) in [7, 11) is 5.13. The normalized spacial score (nSPS) is 11.1. The molecule has 1 amide bonds. The van der Waals surface area contributed by atoms with Crippen LogP contribution in [-0.2, 0) is 17.8 Å². The number of methoxy groups -OCH3 is 1. The van der Waals surface area contributed by atoms with Gasteiger partial charge in [-0.2, -0.15) is 0 Å². The summed E-state index contributed by atoms with van der Waals surface area (Å²) in [5.41, 5.74) is 4.68. The van der Waals surface area contributed by atoms with Gasteiger partial charge in [0.1, 0.15) is 5.75 Å². The number of ether oxygens (including phenoxy) is 1. The summed E-state index contributed by atoms with van der Waals surface area (Å²) in [4.78, 5) is 21.7. The van der Waals surface area contributed by atoms with Gasteiger partial charge >= 0.3 is 0 Å². The summed E-state index contributed by atoms with van der Waals surface area (Å²) in [6.07, 6.45) is 0.848. The van der Waals surface area contributed by atoms with Crippen molar-refractivity contribution in [1.82, 2.24) is 20.5 Å². The van der Waals surface area contributed by atoms with Gasteiger partial charge in [0, 0.05) is 37.2 Å². The van der Waals surface area contributed by atoms with Crippen LogP contribution in [0.2, 0.25) is 0 Å². The molecule has 0 radical (unpaired) electrons. The average Bonchev–Trinajstić information content (AvgIpc) is 3.10. The molecule has 0 aliphatic heterocycles. The van der Waals surface area contributed by atoms with Crippen LogP contribution in [-0.4, -0.2) is 56.0 Å². The lowest BCUT2D eigenvalue weighted by Crippen LogP contribution is -2.43. The van der Waals surface area contributed by atoms with E-state index in [-0.39, 0.29) is 36.4 Å². The fraction of sp³-hybridized carbons (Fsp3) is 0.333. The second kappa shape index (κ2) is 12.3. The number of fused-ring (bicyclic) bond motifs is 1. The highest BCUT2D eigenvalue weighted by Gasteiger charge is 2.09. The van der Waals surface area contributed by atoms with E-state index in [0.29, 0.717) is 19.0 Å². The van der Waals surface area contributed by atoms with E-state index in [1.807, 2.05) is 30.3 Å². The third kappa shape index (κ3) is 6.88. The number of aromatic amines is 1. The molecule has 2 aromatic carbocycles. The Balaban J connectivity index is 0.00000363. The molecule has 0 unspecified atom stereocenters. The second-order valence-electron chi connectivity index (χ2n) is 7.61. The van der Waals surface area contributed by atoms with E-state index in [1.165, 1.54) is 16.6 Å². The number of aryl methyl sites for hydroxylation is 1. The number of guanidine groups is 1. The van der Waals surface area contributed by atoms with Gasteiger partial charge in [-0.05, 0) is 42.7 Å². The van der Waals surface area contributed by atoms with Crippen LogP contribution in [0.15, 0.2) is 53.5 Å². The molecule has 3 rings (SSSR count). The monoisotopic (exact) mass is 549 g/mol. The third-order valence-electron chi connectivity index (χ3n) is 5.18. The van der Waals surface area contributed by atoms with Crippen molar-refractivity contribution in [1.29, 1.82) is 0 Å². The number of aliphatic imine (C=N–C) groups is 1. The second-order valence-corrected chi connectivity index (χ2v) is 7.61. The van der Waals surface area contributed by atoms with E-state index >= 15 is 0 Å². The number of nitrogens with zero attached hydrogens (tertiary/aromatic N) is 2. The molecule has 0 atom stereocenters. The van der Waals surface area contributed by atoms with Crippen molar-refractivity contribution >= 4 is 46.7 Å². The zero-order valence-corrected chi connectivity index (χ0v) is 21.4. The Morgan fingerprint density at radius 1 is 1.09 bits per heavy atom. The lowest BCUT2D eigenvalue weighted by molar-refractivity contribution is -0.127. The number of amides is 1. The molecule has 32 heavy (non-hydrogen) atoms. The van der Waals surface area contributed by atoms with Crippen molar-refractivity contribution in [2.45, 2.75) is 19.9 Å². The van der Waals surface area contributed by atoms with Gasteiger partial charge in [-0.15, -0.1) is 24.0 Å². The highest BCUT2D eigenvalue weighted by molar-refractivity contribution is 14.0. The van der Waals surface area contributed by atoms with E-state index < -0.39 is 0 Å². The van der Waals surface area contributed by atoms with Crippen LogP contribution in [0, 0.1) is 6.92 Å². The summed E-state index contributed by atoms with van der Waals surface area (Å²) >= 11 is 0. The van der Waals surface area contributed by atoms with Gasteiger partial charge in [0.25, 0.3) is 0 Å². The number of aromatic nitrogens is 1. The molecule has 172 valence electrons. The molecule has 1 heterocycles. The minimum atomic E-state index is -0.00794. The Bertz CT molecular complexity index is 1040. The number of benzene rings is 2. The maximum absolute atomic E-state index is 12.0. The fourth-order valence-corrected chi connectivity index (χ4v) is 3.36. The summed E-state index contributed by atoms with van der Waals surface area (Å²) in [6.45, 7) is 3.49. The van der Waals surface area contributed by atoms with Gasteiger partial charge in [-0.25, -0.2) is 4.99 Å². The Hall–Kier alpha value is -2.75. The number of para-hydroxylation sites is 1. The summed E-state index contributed by atoms with van der Waals surface area (Å²) in [6, 6.07) is 16.1. The van der Waals surface area contributed by atoms with Crippen LogP contribution in [0.1, 0.15) is 16.8 Å². The SMILES string of the molecule is COc1ccc(CN=C(NCCc2c(C)[nH]c3ccccc23)NCC(=O)N(C)C)cc1.I. The van der Waals surface area contributed by atoms with Crippen molar-refractivity contribution in [3.05, 3.63) is 65.4 Å². The Morgan fingerprint density at radius 3 is 2.50 bits per heavy atom. The highest BCUT2D eigenvalue weighted by atomic mass is 127. The van der Waals surface area contributed by atoms with Crippen LogP contribution in [0.5, 0.6) is 5.75 Å². The summed E-state index contributed by atoms with van der Waals surface area (Å²) in [5.74, 6) is 1.42. The van der Waals surface area contributed by atoms with Crippen LogP contribution < -0.4 is 15.4 Å². The molecule has 0 bridgehead atoms. The number of likely N-dealkylation sites (N-methyl/N-ethyl adjacent to an activating group) is 1. The molecule has 3 aromatic rings. The maximum atomic E-state index is 12.0. The summed E-state index contributed by atoms with van der Waals surface area (Å²) in [5, 5.41) is 7.75. The Morgan fingerprint density at radius 2 is 1.81 bits per heavy atom. The van der Waals surface area contributed by atoms with Gasteiger partial charge in [0.15, 0.2) is 5.96 Å². The number of nitrogens with one attached hydrogen (secondary N) is 3. The minimum absolute atomic E-state index is 0. The van der Waals surface area contributed by atoms with E-state index in [1.54, 1.807) is 26.1 Å². The van der Waals surface area contributed by atoms with Crippen molar-refractivity contribution in [2.24, 2.45) is 4.99 Å². The first-order valence-electron chi connectivity index (χ1n) is 10.4.